The number of carbonyl (C=O) groups excluding carboxylic acids is 2. The molecule has 6 heteroatoms. The lowest BCUT2D eigenvalue weighted by molar-refractivity contribution is -0.140. The number of aromatic nitrogens is 1. The molecular weight excluding hydrogens is 371 g/mol. The van der Waals surface area contributed by atoms with E-state index in [1.807, 2.05) is 0 Å². The highest BCUT2D eigenvalue weighted by atomic mass is 19.1. The van der Waals surface area contributed by atoms with Gasteiger partial charge in [-0.25, -0.2) is 4.39 Å². The van der Waals surface area contributed by atoms with Crippen molar-refractivity contribution in [2.75, 3.05) is 0 Å². The summed E-state index contributed by atoms with van der Waals surface area (Å²) in [6.07, 6.45) is 3.20. The minimum atomic E-state index is -0.911. The Bertz CT molecular complexity index is 1100. The Morgan fingerprint density at radius 2 is 1.83 bits per heavy atom. The van der Waals surface area contributed by atoms with E-state index in [0.29, 0.717) is 11.1 Å². The molecule has 29 heavy (non-hydrogen) atoms. The zero-order chi connectivity index (χ0) is 20.4. The Morgan fingerprint density at radius 3 is 2.52 bits per heavy atom. The fraction of sp³-hybridized carbons (Fsp3) is 0.0870. The smallest absolute Gasteiger partial charge is 0.295 e. The lowest BCUT2D eigenvalue weighted by Gasteiger charge is -2.25. The third-order valence-electron chi connectivity index (χ3n) is 4.83. The number of carbonyl (C=O) groups is 2. The zero-order valence-electron chi connectivity index (χ0n) is 15.3. The van der Waals surface area contributed by atoms with Crippen molar-refractivity contribution >= 4 is 17.4 Å². The van der Waals surface area contributed by atoms with E-state index in [9.17, 15) is 19.1 Å². The Morgan fingerprint density at radius 1 is 1.03 bits per heavy atom. The van der Waals surface area contributed by atoms with Crippen molar-refractivity contribution in [2.45, 2.75) is 12.6 Å². The van der Waals surface area contributed by atoms with Gasteiger partial charge in [0.15, 0.2) is 0 Å². The number of halogens is 1. The van der Waals surface area contributed by atoms with Crippen LogP contribution in [-0.2, 0) is 16.1 Å². The molecule has 1 aliphatic rings. The molecule has 0 radical (unpaired) electrons. The second kappa shape index (κ2) is 7.67. The molecule has 1 amide bonds. The molecule has 5 nitrogen and oxygen atoms in total. The van der Waals surface area contributed by atoms with Gasteiger partial charge in [0.25, 0.3) is 11.7 Å². The third-order valence-corrected chi connectivity index (χ3v) is 4.83. The standard InChI is InChI=1S/C23H17FN2O3/c24-18-10-4-9-17(12-18)20-19(21(27)16-7-2-1-3-8-16)22(28)23(29)26(20)14-15-6-5-11-25-13-15/h1-13,20,27H,14H2/b21-19-. The Kier molecular flexibility index (Phi) is 4.91. The Labute approximate surface area is 166 Å². The number of aliphatic hydroxyl groups is 1. The van der Waals surface area contributed by atoms with Crippen LogP contribution in [0.25, 0.3) is 5.76 Å². The molecule has 0 aliphatic carbocycles. The van der Waals surface area contributed by atoms with Crippen molar-refractivity contribution in [3.05, 3.63) is 107 Å². The van der Waals surface area contributed by atoms with Crippen molar-refractivity contribution in [3.8, 4) is 0 Å². The minimum absolute atomic E-state index is 0.0595. The Hall–Kier alpha value is -3.80. The predicted molar refractivity (Wildman–Crippen MR) is 105 cm³/mol. The van der Waals surface area contributed by atoms with E-state index in [0.717, 1.165) is 5.56 Å². The maximum atomic E-state index is 13.9. The van der Waals surface area contributed by atoms with Crippen LogP contribution in [-0.4, -0.2) is 26.7 Å². The molecule has 0 saturated carbocycles. The molecule has 4 rings (SSSR count). The summed E-state index contributed by atoms with van der Waals surface area (Å²) >= 11 is 0. The van der Waals surface area contributed by atoms with Crippen LogP contribution in [0.3, 0.4) is 0 Å². The predicted octanol–water partition coefficient (Wildman–Crippen LogP) is 3.84. The second-order valence-electron chi connectivity index (χ2n) is 6.71. The Balaban J connectivity index is 1.87. The number of aliphatic hydroxyl groups excluding tert-OH is 1. The van der Waals surface area contributed by atoms with Crippen molar-refractivity contribution in [2.24, 2.45) is 0 Å². The number of Topliss-reactive ketones (excluding diaryl/α,β-unsaturated/α-hetero) is 1. The SMILES string of the molecule is O=C1C(=O)N(Cc2cccnc2)C(c2cccc(F)c2)/C1=C(/O)c1ccccc1. The summed E-state index contributed by atoms with van der Waals surface area (Å²) in [5.74, 6) is -2.33. The molecule has 1 N–H and O–H groups in total. The fourth-order valence-corrected chi connectivity index (χ4v) is 3.51. The molecule has 1 aliphatic heterocycles. The van der Waals surface area contributed by atoms with Gasteiger partial charge in [-0.1, -0.05) is 48.5 Å². The fourth-order valence-electron chi connectivity index (χ4n) is 3.51. The number of ketones is 1. The number of pyridine rings is 1. The first-order valence-corrected chi connectivity index (χ1v) is 9.04. The largest absolute Gasteiger partial charge is 0.507 e. The summed E-state index contributed by atoms with van der Waals surface area (Å²) in [7, 11) is 0. The molecule has 3 aromatic rings. The van der Waals surface area contributed by atoms with Gasteiger partial charge in [-0.05, 0) is 29.3 Å². The lowest BCUT2D eigenvalue weighted by Crippen LogP contribution is -2.29. The van der Waals surface area contributed by atoms with E-state index < -0.39 is 23.5 Å². The number of hydrogen-bond donors (Lipinski definition) is 1. The highest BCUT2D eigenvalue weighted by Gasteiger charge is 2.46. The molecule has 0 bridgehead atoms. The summed E-state index contributed by atoms with van der Waals surface area (Å²) in [5, 5.41) is 10.9. The van der Waals surface area contributed by atoms with Crippen molar-refractivity contribution in [3.63, 3.8) is 0 Å². The second-order valence-corrected chi connectivity index (χ2v) is 6.71. The normalized spacial score (nSPS) is 18.2. The highest BCUT2D eigenvalue weighted by molar-refractivity contribution is 6.46. The summed E-state index contributed by atoms with van der Waals surface area (Å²) in [4.78, 5) is 31.1. The first-order chi connectivity index (χ1) is 14.1. The summed E-state index contributed by atoms with van der Waals surface area (Å²) in [6.45, 7) is 0.102. The van der Waals surface area contributed by atoms with E-state index in [1.165, 1.54) is 23.1 Å². The number of nitrogens with zero attached hydrogens (tertiary/aromatic N) is 2. The van der Waals surface area contributed by atoms with Gasteiger partial charge in [0.05, 0.1) is 11.6 Å². The van der Waals surface area contributed by atoms with Gasteiger partial charge in [0.2, 0.25) is 0 Å². The van der Waals surface area contributed by atoms with Crippen LogP contribution in [0.2, 0.25) is 0 Å². The monoisotopic (exact) mass is 388 g/mol. The van der Waals surface area contributed by atoms with E-state index in [1.54, 1.807) is 60.9 Å². The van der Waals surface area contributed by atoms with Gasteiger partial charge in [0.1, 0.15) is 11.6 Å². The first kappa shape index (κ1) is 18.6. The average Bonchev–Trinajstić information content (AvgIpc) is 2.99. The van der Waals surface area contributed by atoms with Gasteiger partial charge in [-0.15, -0.1) is 0 Å². The van der Waals surface area contributed by atoms with Gasteiger partial charge in [-0.3, -0.25) is 14.6 Å². The maximum absolute atomic E-state index is 13.9. The highest BCUT2D eigenvalue weighted by Crippen LogP contribution is 2.40. The van der Waals surface area contributed by atoms with Crippen LogP contribution in [0.15, 0.2) is 84.7 Å². The molecule has 0 spiro atoms. The van der Waals surface area contributed by atoms with Crippen molar-refractivity contribution in [1.82, 2.24) is 9.88 Å². The van der Waals surface area contributed by atoms with Crippen LogP contribution in [0, 0.1) is 5.82 Å². The third kappa shape index (κ3) is 3.52. The number of rotatable bonds is 4. The summed E-state index contributed by atoms with van der Waals surface area (Å²) in [5.41, 5.74) is 1.48. The van der Waals surface area contributed by atoms with Crippen molar-refractivity contribution in [1.29, 1.82) is 0 Å². The van der Waals surface area contributed by atoms with Crippen LogP contribution < -0.4 is 0 Å². The van der Waals surface area contributed by atoms with Crippen molar-refractivity contribution < 1.29 is 19.1 Å². The molecule has 1 saturated heterocycles. The topological polar surface area (TPSA) is 70.5 Å². The molecule has 1 aromatic heterocycles. The maximum Gasteiger partial charge on any atom is 0.295 e. The van der Waals surface area contributed by atoms with E-state index >= 15 is 0 Å². The van der Waals surface area contributed by atoms with E-state index in [4.69, 9.17) is 0 Å². The molecule has 144 valence electrons. The van der Waals surface area contributed by atoms with Crippen LogP contribution in [0.5, 0.6) is 0 Å². The van der Waals surface area contributed by atoms with Crippen LogP contribution in [0.4, 0.5) is 4.39 Å². The lowest BCUT2D eigenvalue weighted by atomic mass is 9.95. The zero-order valence-corrected chi connectivity index (χ0v) is 15.3. The molecule has 1 atom stereocenters. The number of hydrogen-bond acceptors (Lipinski definition) is 4. The van der Waals surface area contributed by atoms with Gasteiger partial charge in [-0.2, -0.15) is 0 Å². The molecular formula is C23H17FN2O3. The number of benzene rings is 2. The van der Waals surface area contributed by atoms with E-state index in [2.05, 4.69) is 4.98 Å². The van der Waals surface area contributed by atoms with Gasteiger partial charge in [0, 0.05) is 24.5 Å². The first-order valence-electron chi connectivity index (χ1n) is 9.04. The van der Waals surface area contributed by atoms with Gasteiger partial charge < -0.3 is 10.0 Å². The summed E-state index contributed by atoms with van der Waals surface area (Å²) < 4.78 is 13.9. The summed E-state index contributed by atoms with van der Waals surface area (Å²) in [6, 6.07) is 16.8. The quantitative estimate of drug-likeness (QED) is 0.419. The molecule has 1 fully saturated rings. The molecule has 2 heterocycles. The van der Waals surface area contributed by atoms with Crippen LogP contribution in [0.1, 0.15) is 22.7 Å². The average molecular weight is 388 g/mol. The van der Waals surface area contributed by atoms with Gasteiger partial charge >= 0.3 is 0 Å². The molecule has 1 unspecified atom stereocenters. The minimum Gasteiger partial charge on any atom is -0.507 e. The van der Waals surface area contributed by atoms with Crippen LogP contribution >= 0.6 is 0 Å². The number of likely N-dealkylation sites (tertiary alicyclic amines) is 1. The van der Waals surface area contributed by atoms with E-state index in [-0.39, 0.29) is 17.9 Å². The number of amides is 1. The molecule has 2 aromatic carbocycles.